The first-order valence-corrected chi connectivity index (χ1v) is 7.17. The topological polar surface area (TPSA) is 39.2 Å². The number of halogens is 3. The summed E-state index contributed by atoms with van der Waals surface area (Å²) in [6.45, 7) is 4.61. The molecule has 0 unspecified atom stereocenters. The molecule has 3 rings (SSSR count). The molecule has 0 aliphatic carbocycles. The van der Waals surface area contributed by atoms with Crippen LogP contribution in [0.4, 0.5) is 4.39 Å². The van der Waals surface area contributed by atoms with Gasteiger partial charge in [0.05, 0.1) is 0 Å². The third-order valence-electron chi connectivity index (χ3n) is 3.37. The van der Waals surface area contributed by atoms with Gasteiger partial charge in [-0.25, -0.2) is 4.39 Å². The van der Waals surface area contributed by atoms with E-state index in [1.54, 1.807) is 18.2 Å². The number of rotatable bonds is 2. The Morgan fingerprint density at radius 3 is 1.88 bits per heavy atom. The number of aryl methyl sites for hydroxylation is 2. The molecule has 0 saturated heterocycles. The van der Waals surface area contributed by atoms with E-state index < -0.39 is 0 Å². The second kappa shape index (κ2) is 10.9. The van der Waals surface area contributed by atoms with Crippen LogP contribution in [0.5, 0.6) is 0 Å². The molecule has 130 valence electrons. The first-order valence-electron chi connectivity index (χ1n) is 7.17. The molecule has 0 atom stereocenters. The maximum atomic E-state index is 11.9. The molecule has 2 N–H and O–H groups in total. The minimum Gasteiger partial charge on any atom is -0.461 e. The molecule has 0 amide bonds. The predicted octanol–water partition coefficient (Wildman–Crippen LogP) is 5.69. The van der Waals surface area contributed by atoms with Crippen LogP contribution < -0.4 is 5.73 Å². The maximum Gasteiger partial charge on any atom is 0.134 e. The second-order valence-electron chi connectivity index (χ2n) is 5.05. The zero-order valence-electron chi connectivity index (χ0n) is 13.7. The molecule has 1 aromatic heterocycles. The van der Waals surface area contributed by atoms with Crippen molar-refractivity contribution >= 4 is 24.8 Å². The summed E-state index contributed by atoms with van der Waals surface area (Å²) < 4.78 is 17.5. The van der Waals surface area contributed by atoms with E-state index in [9.17, 15) is 4.39 Å². The summed E-state index contributed by atoms with van der Waals surface area (Å²) in [6, 6.07) is 18.1. The fraction of sp³-hybridized carbons (Fsp3) is 0.158. The normalized spacial score (nSPS) is 9.17. The second-order valence-corrected chi connectivity index (χ2v) is 5.05. The third kappa shape index (κ3) is 6.36. The highest BCUT2D eigenvalue weighted by Crippen LogP contribution is 2.24. The van der Waals surface area contributed by atoms with Gasteiger partial charge < -0.3 is 10.2 Å². The van der Waals surface area contributed by atoms with Gasteiger partial charge in [0.25, 0.3) is 0 Å². The van der Waals surface area contributed by atoms with E-state index >= 15 is 0 Å². The highest BCUT2D eigenvalue weighted by atomic mass is 35.5. The van der Waals surface area contributed by atoms with E-state index in [-0.39, 0.29) is 30.6 Å². The van der Waals surface area contributed by atoms with Crippen LogP contribution in [0.2, 0.25) is 0 Å². The fourth-order valence-corrected chi connectivity index (χ4v) is 1.94. The molecular formula is C19H22Cl2FNO. The van der Waals surface area contributed by atoms with Gasteiger partial charge >= 0.3 is 0 Å². The number of benzene rings is 2. The first-order chi connectivity index (χ1) is 10.6. The van der Waals surface area contributed by atoms with Crippen LogP contribution in [0.15, 0.2) is 65.1 Å². The van der Waals surface area contributed by atoms with Gasteiger partial charge in [-0.1, -0.05) is 42.5 Å². The minimum atomic E-state index is -0.178. The van der Waals surface area contributed by atoms with E-state index in [0.717, 1.165) is 22.6 Å². The Morgan fingerprint density at radius 1 is 0.917 bits per heavy atom. The lowest BCUT2D eigenvalue weighted by molar-refractivity contribution is 0.545. The summed E-state index contributed by atoms with van der Waals surface area (Å²) in [6.07, 6.45) is 0. The van der Waals surface area contributed by atoms with Gasteiger partial charge in [0, 0.05) is 12.1 Å². The zero-order valence-corrected chi connectivity index (χ0v) is 15.3. The van der Waals surface area contributed by atoms with Gasteiger partial charge in [-0.3, -0.25) is 0 Å². The van der Waals surface area contributed by atoms with Crippen LogP contribution in [0.25, 0.3) is 11.3 Å². The number of nitrogens with two attached hydrogens (primary N) is 1. The molecular weight excluding hydrogens is 348 g/mol. The lowest BCUT2D eigenvalue weighted by Crippen LogP contribution is -1.94. The van der Waals surface area contributed by atoms with Crippen molar-refractivity contribution < 1.29 is 8.81 Å². The lowest BCUT2D eigenvalue weighted by atomic mass is 10.1. The van der Waals surface area contributed by atoms with Gasteiger partial charge in [-0.2, -0.15) is 0 Å². The minimum absolute atomic E-state index is 0. The summed E-state index contributed by atoms with van der Waals surface area (Å²) in [5, 5.41) is 0. The van der Waals surface area contributed by atoms with Gasteiger partial charge in [-0.15, -0.1) is 24.8 Å². The van der Waals surface area contributed by atoms with Crippen LogP contribution in [0, 0.1) is 19.7 Å². The molecule has 5 heteroatoms. The average molecular weight is 370 g/mol. The van der Waals surface area contributed by atoms with Gasteiger partial charge in [0.15, 0.2) is 0 Å². The van der Waals surface area contributed by atoms with Crippen LogP contribution in [-0.2, 0) is 6.54 Å². The van der Waals surface area contributed by atoms with E-state index in [1.807, 2.05) is 31.2 Å². The van der Waals surface area contributed by atoms with Crippen molar-refractivity contribution in [3.05, 3.63) is 83.4 Å². The van der Waals surface area contributed by atoms with Gasteiger partial charge in [-0.05, 0) is 43.2 Å². The van der Waals surface area contributed by atoms with E-state index in [0.29, 0.717) is 6.54 Å². The smallest absolute Gasteiger partial charge is 0.134 e. The Morgan fingerprint density at radius 2 is 1.50 bits per heavy atom. The maximum absolute atomic E-state index is 11.9. The SMILES string of the molecule is Cc1cc(-c2ccc(CN)cc2)oc1C.Cl.Cl.Fc1ccccc1. The standard InChI is InChI=1S/C13H15NO.C6H5F.2ClH/c1-9-7-13(15-10(9)2)12-5-3-11(8-14)4-6-12;7-6-4-2-1-3-5-6;;/h3-7H,8,14H2,1-2H3;1-5H;2*1H. The summed E-state index contributed by atoms with van der Waals surface area (Å²) in [5.41, 5.74) is 8.97. The highest BCUT2D eigenvalue weighted by Gasteiger charge is 2.05. The van der Waals surface area contributed by atoms with Gasteiger partial charge in [0.2, 0.25) is 0 Å². The number of furan rings is 1. The third-order valence-corrected chi connectivity index (χ3v) is 3.37. The quantitative estimate of drug-likeness (QED) is 0.629. The molecule has 0 aliphatic heterocycles. The number of hydrogen-bond donors (Lipinski definition) is 1. The van der Waals surface area contributed by atoms with Crippen LogP contribution in [0.3, 0.4) is 0 Å². The Balaban J connectivity index is 0.000000504. The molecule has 2 aromatic carbocycles. The van der Waals surface area contributed by atoms with Gasteiger partial charge in [0.1, 0.15) is 17.3 Å². The molecule has 0 spiro atoms. The van der Waals surface area contributed by atoms with E-state index in [2.05, 4.69) is 13.0 Å². The van der Waals surface area contributed by atoms with Crippen molar-refractivity contribution in [2.24, 2.45) is 5.73 Å². The van der Waals surface area contributed by atoms with Crippen molar-refractivity contribution in [3.63, 3.8) is 0 Å². The summed E-state index contributed by atoms with van der Waals surface area (Å²) in [4.78, 5) is 0. The lowest BCUT2D eigenvalue weighted by Gasteiger charge is -1.99. The van der Waals surface area contributed by atoms with Crippen molar-refractivity contribution in [3.8, 4) is 11.3 Å². The van der Waals surface area contributed by atoms with Crippen LogP contribution in [0.1, 0.15) is 16.9 Å². The Hall–Kier alpha value is -1.81. The Kier molecular flexibility index (Phi) is 10.0. The molecule has 3 aromatic rings. The first kappa shape index (κ1) is 22.2. The summed E-state index contributed by atoms with van der Waals surface area (Å²) in [5.74, 6) is 1.73. The van der Waals surface area contributed by atoms with Crippen LogP contribution >= 0.6 is 24.8 Å². The molecule has 24 heavy (non-hydrogen) atoms. The summed E-state index contributed by atoms with van der Waals surface area (Å²) >= 11 is 0. The average Bonchev–Trinajstić information content (AvgIpc) is 2.88. The highest BCUT2D eigenvalue weighted by molar-refractivity contribution is 5.85. The number of hydrogen-bond acceptors (Lipinski definition) is 2. The molecule has 0 saturated carbocycles. The van der Waals surface area contributed by atoms with Crippen molar-refractivity contribution in [1.82, 2.24) is 0 Å². The van der Waals surface area contributed by atoms with Crippen LogP contribution in [-0.4, -0.2) is 0 Å². The fourth-order valence-electron chi connectivity index (χ4n) is 1.94. The molecule has 0 bridgehead atoms. The Bertz CT molecular complexity index is 692. The van der Waals surface area contributed by atoms with E-state index in [1.165, 1.54) is 17.7 Å². The molecule has 0 radical (unpaired) electrons. The monoisotopic (exact) mass is 369 g/mol. The van der Waals surface area contributed by atoms with E-state index in [4.69, 9.17) is 10.2 Å². The largest absolute Gasteiger partial charge is 0.461 e. The Labute approximate surface area is 154 Å². The van der Waals surface area contributed by atoms with Crippen molar-refractivity contribution in [1.29, 1.82) is 0 Å². The van der Waals surface area contributed by atoms with Crippen molar-refractivity contribution in [2.45, 2.75) is 20.4 Å². The molecule has 0 fully saturated rings. The predicted molar refractivity (Wildman–Crippen MR) is 102 cm³/mol. The molecule has 2 nitrogen and oxygen atoms in total. The summed E-state index contributed by atoms with van der Waals surface area (Å²) in [7, 11) is 0. The molecule has 1 heterocycles. The zero-order chi connectivity index (χ0) is 15.9. The molecule has 0 aliphatic rings. The van der Waals surface area contributed by atoms with Crippen molar-refractivity contribution in [2.75, 3.05) is 0 Å².